The van der Waals surface area contributed by atoms with E-state index in [1.54, 1.807) is 7.11 Å². The van der Waals surface area contributed by atoms with Crippen LogP contribution in [0.4, 0.5) is 5.69 Å². The van der Waals surface area contributed by atoms with Crippen molar-refractivity contribution in [3.8, 4) is 5.75 Å². The monoisotopic (exact) mass is 474 g/mol. The molecule has 0 aliphatic carbocycles. The number of hydrogen-bond donors (Lipinski definition) is 1. The van der Waals surface area contributed by atoms with Gasteiger partial charge in [-0.15, -0.1) is 24.0 Å². The van der Waals surface area contributed by atoms with Crippen LogP contribution in [0.25, 0.3) is 0 Å². The van der Waals surface area contributed by atoms with E-state index in [2.05, 4.69) is 41.1 Å². The van der Waals surface area contributed by atoms with E-state index in [-0.39, 0.29) is 29.4 Å². The van der Waals surface area contributed by atoms with E-state index in [9.17, 15) is 0 Å². The van der Waals surface area contributed by atoms with Gasteiger partial charge in [0.2, 0.25) is 0 Å². The van der Waals surface area contributed by atoms with Gasteiger partial charge in [0.1, 0.15) is 5.75 Å². The second-order valence-electron chi connectivity index (χ2n) is 7.15. The first kappa shape index (κ1) is 21.1. The molecule has 0 saturated carbocycles. The lowest BCUT2D eigenvalue weighted by atomic mass is 9.89. The van der Waals surface area contributed by atoms with Crippen molar-refractivity contribution in [2.45, 2.75) is 13.8 Å². The summed E-state index contributed by atoms with van der Waals surface area (Å²) in [4.78, 5) is 9.64. The highest BCUT2D eigenvalue weighted by atomic mass is 127. The van der Waals surface area contributed by atoms with Gasteiger partial charge in [0.05, 0.1) is 26.9 Å². The zero-order chi connectivity index (χ0) is 17.7. The Labute approximate surface area is 173 Å². The van der Waals surface area contributed by atoms with Crippen LogP contribution in [-0.2, 0) is 4.74 Å². The number of hydrogen-bond acceptors (Lipinski definition) is 4. The van der Waals surface area contributed by atoms with E-state index < -0.39 is 0 Å². The number of rotatable bonds is 5. The van der Waals surface area contributed by atoms with Gasteiger partial charge < -0.3 is 24.6 Å². The fraction of sp³-hybridized carbons (Fsp3) is 0.632. The highest BCUT2D eigenvalue weighted by Crippen LogP contribution is 2.27. The van der Waals surface area contributed by atoms with Gasteiger partial charge in [0, 0.05) is 49.9 Å². The minimum Gasteiger partial charge on any atom is -0.497 e. The summed E-state index contributed by atoms with van der Waals surface area (Å²) in [5, 5.41) is 3.44. The molecule has 0 spiro atoms. The summed E-state index contributed by atoms with van der Waals surface area (Å²) in [6, 6.07) is 8.29. The molecule has 2 aliphatic heterocycles. The summed E-state index contributed by atoms with van der Waals surface area (Å²) in [7, 11) is 1.71. The Morgan fingerprint density at radius 2 is 2.00 bits per heavy atom. The summed E-state index contributed by atoms with van der Waals surface area (Å²) >= 11 is 0. The van der Waals surface area contributed by atoms with Gasteiger partial charge in [0.15, 0.2) is 5.96 Å². The summed E-state index contributed by atoms with van der Waals surface area (Å²) in [6.07, 6.45) is 0. The Morgan fingerprint density at radius 3 is 2.58 bits per heavy atom. The van der Waals surface area contributed by atoms with Gasteiger partial charge in [-0.1, -0.05) is 13.0 Å². The van der Waals surface area contributed by atoms with Crippen molar-refractivity contribution in [1.82, 2.24) is 10.2 Å². The lowest BCUT2D eigenvalue weighted by Crippen LogP contribution is -2.53. The molecule has 0 radical (unpaired) electrons. The number of nitrogens with one attached hydrogen (secondary N) is 1. The molecule has 2 fully saturated rings. The maximum absolute atomic E-state index is 5.34. The zero-order valence-corrected chi connectivity index (χ0v) is 18.4. The first-order chi connectivity index (χ1) is 12.1. The first-order valence-electron chi connectivity index (χ1n) is 9.13. The van der Waals surface area contributed by atoms with Crippen molar-refractivity contribution >= 4 is 35.6 Å². The van der Waals surface area contributed by atoms with Crippen molar-refractivity contribution in [3.05, 3.63) is 24.3 Å². The topological polar surface area (TPSA) is 49.3 Å². The van der Waals surface area contributed by atoms with Gasteiger partial charge in [-0.05, 0) is 19.1 Å². The maximum Gasteiger partial charge on any atom is 0.194 e. The third kappa shape index (κ3) is 5.16. The summed E-state index contributed by atoms with van der Waals surface area (Å²) < 4.78 is 10.7. The molecule has 0 atom stereocenters. The predicted molar refractivity (Wildman–Crippen MR) is 117 cm³/mol. The Bertz CT molecular complexity index is 599. The number of aliphatic imine (C=N–C) groups is 1. The normalized spacial score (nSPS) is 19.4. The number of nitrogens with zero attached hydrogens (tertiary/aromatic N) is 3. The van der Waals surface area contributed by atoms with Crippen LogP contribution in [0, 0.1) is 5.41 Å². The SMILES string of the molecule is CCNC(=NCC1(C)COC1)N1CCN(c2cccc(OC)c2)CC1.I. The highest BCUT2D eigenvalue weighted by molar-refractivity contribution is 14.0. The molecule has 0 bridgehead atoms. The molecular formula is C19H31IN4O2. The highest BCUT2D eigenvalue weighted by Gasteiger charge is 2.33. The Balaban J connectivity index is 0.00000243. The first-order valence-corrected chi connectivity index (χ1v) is 9.13. The Hall–Kier alpha value is -1.22. The molecule has 146 valence electrons. The maximum atomic E-state index is 5.34. The molecular weight excluding hydrogens is 443 g/mol. The number of guanidine groups is 1. The predicted octanol–water partition coefficient (Wildman–Crippen LogP) is 2.44. The molecule has 2 saturated heterocycles. The third-order valence-electron chi connectivity index (χ3n) is 4.84. The molecule has 6 nitrogen and oxygen atoms in total. The van der Waals surface area contributed by atoms with Crippen molar-refractivity contribution in [2.24, 2.45) is 10.4 Å². The molecule has 1 aromatic rings. The smallest absolute Gasteiger partial charge is 0.194 e. The van der Waals surface area contributed by atoms with Crippen LogP contribution in [0.1, 0.15) is 13.8 Å². The van der Waals surface area contributed by atoms with Crippen molar-refractivity contribution < 1.29 is 9.47 Å². The van der Waals surface area contributed by atoms with Crippen molar-refractivity contribution in [2.75, 3.05) is 64.5 Å². The van der Waals surface area contributed by atoms with Gasteiger partial charge >= 0.3 is 0 Å². The molecule has 2 aliphatic rings. The Kier molecular flexibility index (Phi) is 7.82. The lowest BCUT2D eigenvalue weighted by Gasteiger charge is -2.39. The van der Waals surface area contributed by atoms with E-state index in [4.69, 9.17) is 14.5 Å². The molecule has 1 aromatic carbocycles. The van der Waals surface area contributed by atoms with Crippen LogP contribution in [0.5, 0.6) is 5.75 Å². The summed E-state index contributed by atoms with van der Waals surface area (Å²) in [5.41, 5.74) is 1.43. The number of piperazine rings is 1. The third-order valence-corrected chi connectivity index (χ3v) is 4.84. The molecule has 3 rings (SSSR count). The van der Waals surface area contributed by atoms with Crippen LogP contribution in [-0.4, -0.2) is 70.5 Å². The van der Waals surface area contributed by atoms with Crippen LogP contribution in [0.3, 0.4) is 0 Å². The standard InChI is InChI=1S/C19H30N4O2.HI/c1-4-20-18(21-13-19(2)14-25-15-19)23-10-8-22(9-11-23)16-6-5-7-17(12-16)24-3;/h5-7,12H,4,8-11,13-15H2,1-3H3,(H,20,21);1H. The summed E-state index contributed by atoms with van der Waals surface area (Å²) in [5.74, 6) is 1.94. The molecule has 0 amide bonds. The number of halogens is 1. The van der Waals surface area contributed by atoms with Gasteiger partial charge in [0.25, 0.3) is 0 Å². The minimum absolute atomic E-state index is 0. The van der Waals surface area contributed by atoms with Gasteiger partial charge in [-0.2, -0.15) is 0 Å². The lowest BCUT2D eigenvalue weighted by molar-refractivity contribution is -0.0946. The second kappa shape index (κ2) is 9.64. The number of anilines is 1. The number of benzene rings is 1. The van der Waals surface area contributed by atoms with E-state index in [0.717, 1.165) is 64.2 Å². The van der Waals surface area contributed by atoms with E-state index in [1.807, 2.05) is 12.1 Å². The molecule has 2 heterocycles. The van der Waals surface area contributed by atoms with E-state index >= 15 is 0 Å². The molecule has 1 N–H and O–H groups in total. The average Bonchev–Trinajstić information content (AvgIpc) is 2.64. The molecule has 0 aromatic heterocycles. The summed E-state index contributed by atoms with van der Waals surface area (Å²) in [6.45, 7) is 11.6. The molecule has 26 heavy (non-hydrogen) atoms. The van der Waals surface area contributed by atoms with Crippen molar-refractivity contribution in [1.29, 1.82) is 0 Å². The van der Waals surface area contributed by atoms with E-state index in [1.165, 1.54) is 5.69 Å². The molecule has 7 heteroatoms. The van der Waals surface area contributed by atoms with Crippen LogP contribution < -0.4 is 15.0 Å². The number of methoxy groups -OCH3 is 1. The fourth-order valence-corrected chi connectivity index (χ4v) is 3.22. The zero-order valence-electron chi connectivity index (χ0n) is 16.0. The second-order valence-corrected chi connectivity index (χ2v) is 7.15. The average molecular weight is 474 g/mol. The van der Waals surface area contributed by atoms with Gasteiger partial charge in [-0.25, -0.2) is 0 Å². The van der Waals surface area contributed by atoms with Gasteiger partial charge in [-0.3, -0.25) is 4.99 Å². The van der Waals surface area contributed by atoms with Crippen LogP contribution in [0.15, 0.2) is 29.3 Å². The van der Waals surface area contributed by atoms with Crippen molar-refractivity contribution in [3.63, 3.8) is 0 Å². The van der Waals surface area contributed by atoms with Crippen LogP contribution >= 0.6 is 24.0 Å². The minimum atomic E-state index is 0. The van der Waals surface area contributed by atoms with Crippen LogP contribution in [0.2, 0.25) is 0 Å². The van der Waals surface area contributed by atoms with E-state index in [0.29, 0.717) is 0 Å². The quantitative estimate of drug-likeness (QED) is 0.404. The Morgan fingerprint density at radius 1 is 1.27 bits per heavy atom. The largest absolute Gasteiger partial charge is 0.497 e. The molecule has 0 unspecified atom stereocenters. The number of ether oxygens (including phenoxy) is 2. The fourth-order valence-electron chi connectivity index (χ4n) is 3.22.